The van der Waals surface area contributed by atoms with E-state index in [9.17, 15) is 46.7 Å². The number of ether oxygens (including phenoxy) is 2. The predicted octanol–water partition coefficient (Wildman–Crippen LogP) is 3.31. The van der Waals surface area contributed by atoms with Gasteiger partial charge in [0, 0.05) is 26.6 Å². The molecular weight excluding hydrogens is 777 g/mol. The van der Waals surface area contributed by atoms with Gasteiger partial charge in [0.15, 0.2) is 0 Å². The van der Waals surface area contributed by atoms with Crippen LogP contribution in [-0.2, 0) is 38.2 Å². The average molecular weight is 835 g/mol. The summed E-state index contributed by atoms with van der Waals surface area (Å²) in [4.78, 5) is 97.5. The highest BCUT2D eigenvalue weighted by molar-refractivity contribution is 6.38. The molecule has 4 N–H and O–H groups in total. The van der Waals surface area contributed by atoms with Crippen LogP contribution >= 0.6 is 0 Å². The second-order valence-corrected chi connectivity index (χ2v) is 17.6. The summed E-state index contributed by atoms with van der Waals surface area (Å²) in [7, 11) is 3.07. The molecule has 1 unspecified atom stereocenters. The number of carbonyl (C=O) groups excluding carboxylic acids is 7. The molecule has 2 saturated carbocycles. The number of hydrogen-bond donors (Lipinski definition) is 4. The summed E-state index contributed by atoms with van der Waals surface area (Å²) in [6.45, 7) is 4.39. The molecular formula is C41H57F3N6O9. The molecule has 6 atom stereocenters. The van der Waals surface area contributed by atoms with Crippen LogP contribution in [0.4, 0.5) is 18.0 Å². The largest absolute Gasteiger partial charge is 0.434 e. The van der Waals surface area contributed by atoms with Crippen LogP contribution in [0.3, 0.4) is 0 Å². The molecule has 6 amide bonds. The van der Waals surface area contributed by atoms with Gasteiger partial charge in [-0.15, -0.1) is 0 Å². The van der Waals surface area contributed by atoms with Crippen molar-refractivity contribution >= 4 is 41.4 Å². The summed E-state index contributed by atoms with van der Waals surface area (Å²) in [5, 5.41) is 10.0. The molecule has 0 radical (unpaired) electrons. The number of fused-ring (bicyclic) bond motifs is 1. The molecule has 1 aromatic carbocycles. The van der Waals surface area contributed by atoms with Crippen molar-refractivity contribution in [2.45, 2.75) is 133 Å². The van der Waals surface area contributed by atoms with Crippen molar-refractivity contribution in [1.82, 2.24) is 31.1 Å². The summed E-state index contributed by atoms with van der Waals surface area (Å²) < 4.78 is 51.9. The van der Waals surface area contributed by atoms with Crippen LogP contribution in [0.2, 0.25) is 0 Å². The van der Waals surface area contributed by atoms with Gasteiger partial charge in [-0.05, 0) is 70.8 Å². The predicted molar refractivity (Wildman–Crippen MR) is 206 cm³/mol. The number of halogens is 3. The van der Waals surface area contributed by atoms with Gasteiger partial charge in [-0.2, -0.15) is 13.2 Å². The Morgan fingerprint density at radius 2 is 1.58 bits per heavy atom. The van der Waals surface area contributed by atoms with Gasteiger partial charge >= 0.3 is 12.3 Å². The fraction of sp³-hybridized carbons (Fsp3) is 0.683. The van der Waals surface area contributed by atoms with E-state index in [2.05, 4.69) is 21.3 Å². The summed E-state index contributed by atoms with van der Waals surface area (Å²) in [5.74, 6) is -5.67. The minimum absolute atomic E-state index is 0.0404. The maximum Gasteiger partial charge on any atom is 0.427 e. The summed E-state index contributed by atoms with van der Waals surface area (Å²) in [5.41, 5.74) is -3.01. The molecule has 0 bridgehead atoms. The van der Waals surface area contributed by atoms with Gasteiger partial charge in [0.1, 0.15) is 18.1 Å². The third-order valence-corrected chi connectivity index (χ3v) is 11.7. The Kier molecular flexibility index (Phi) is 14.0. The summed E-state index contributed by atoms with van der Waals surface area (Å²) in [6, 6.07) is 3.61. The van der Waals surface area contributed by atoms with Crippen LogP contribution < -0.4 is 21.3 Å². The molecule has 2 aliphatic heterocycles. The zero-order valence-corrected chi connectivity index (χ0v) is 34.5. The van der Waals surface area contributed by atoms with E-state index in [0.29, 0.717) is 38.7 Å². The van der Waals surface area contributed by atoms with Crippen molar-refractivity contribution in [2.24, 2.45) is 17.8 Å². The Morgan fingerprint density at radius 1 is 0.932 bits per heavy atom. The molecule has 2 aliphatic carbocycles. The van der Waals surface area contributed by atoms with E-state index in [0.717, 1.165) is 32.1 Å². The van der Waals surface area contributed by atoms with Crippen LogP contribution in [0.5, 0.6) is 0 Å². The van der Waals surface area contributed by atoms with Crippen molar-refractivity contribution in [3.05, 3.63) is 35.9 Å². The molecule has 0 spiro atoms. The Labute approximate surface area is 342 Å². The van der Waals surface area contributed by atoms with Gasteiger partial charge in [-0.1, -0.05) is 62.4 Å². The van der Waals surface area contributed by atoms with E-state index >= 15 is 0 Å². The number of nitrogens with one attached hydrogen (secondary N) is 4. The minimum Gasteiger partial charge on any atom is -0.434 e. The number of hydrogen-bond acceptors (Lipinski definition) is 9. The number of carbonyl (C=O) groups is 7. The van der Waals surface area contributed by atoms with Crippen molar-refractivity contribution in [1.29, 1.82) is 0 Å². The minimum atomic E-state index is -4.88. The number of nitrogens with zero attached hydrogens (tertiary/aromatic N) is 2. The number of alkyl halides is 3. The standard InChI is InChI=1S/C41H57F3N6O9/c1-39(2)20-26-28(58-39)22-50(37(56)31(25-15-11-8-12-16-25)48-38(57)59-40(3,4)41(42,43)44)32(26)34(53)46-27(19-23-17-18-23)33(52)35(54)45-21-29(51)47-30(36(55)49(5)6)24-13-9-7-10-14-24/h7,9-10,13-14,23,25-28,30-32H,8,11-12,15-22H2,1-6H3,(H,45,54)(H,46,53)(H,47,51)(H,48,57)/t26-,27?,28-,30-,31-,32-/m0/s1. The summed E-state index contributed by atoms with van der Waals surface area (Å²) >= 11 is 0. The first kappa shape index (κ1) is 45.3. The highest BCUT2D eigenvalue weighted by atomic mass is 19.4. The first-order chi connectivity index (χ1) is 27.6. The van der Waals surface area contributed by atoms with Gasteiger partial charge in [-0.25, -0.2) is 4.79 Å². The quantitative estimate of drug-likeness (QED) is 0.192. The number of benzene rings is 1. The SMILES string of the molecule is CN(C)C(=O)[C@@H](NC(=O)CNC(=O)C(=O)C(CC1CC1)NC(=O)[C@@H]1[C@H]2CC(C)(C)O[C@H]2CN1C(=O)[C@@H](NC(=O)OC(C)(C)C(F)(F)F)C1CCCCC1)c1ccccc1. The first-order valence-electron chi connectivity index (χ1n) is 20.3. The normalized spacial score (nSPS) is 23.2. The number of alkyl carbamates (subject to hydrolysis) is 1. The summed E-state index contributed by atoms with van der Waals surface area (Å²) in [6.07, 6.45) is -1.58. The lowest BCUT2D eigenvalue weighted by molar-refractivity contribution is -0.244. The van der Waals surface area contributed by atoms with E-state index in [1.54, 1.807) is 30.3 Å². The van der Waals surface area contributed by atoms with E-state index in [-0.39, 0.29) is 18.9 Å². The molecule has 59 heavy (non-hydrogen) atoms. The van der Waals surface area contributed by atoms with Gasteiger partial charge in [0.25, 0.3) is 5.91 Å². The van der Waals surface area contributed by atoms with Crippen molar-refractivity contribution in [2.75, 3.05) is 27.2 Å². The van der Waals surface area contributed by atoms with Gasteiger partial charge in [0.05, 0.1) is 24.3 Å². The number of likely N-dealkylation sites (tertiary alicyclic amines) is 1. The number of likely N-dealkylation sites (N-methyl/N-ethyl adjacent to an activating group) is 1. The molecule has 15 nitrogen and oxygen atoms in total. The van der Waals surface area contributed by atoms with E-state index in [1.807, 2.05) is 13.8 Å². The third-order valence-electron chi connectivity index (χ3n) is 11.7. The van der Waals surface area contributed by atoms with Gasteiger partial charge < -0.3 is 40.5 Å². The number of ketones is 1. The molecule has 2 saturated heterocycles. The van der Waals surface area contributed by atoms with Crippen LogP contribution in [0.1, 0.15) is 97.1 Å². The van der Waals surface area contributed by atoms with E-state index < -0.39 is 107 Å². The Balaban J connectivity index is 1.32. The average Bonchev–Trinajstić information content (AvgIpc) is 3.85. The van der Waals surface area contributed by atoms with Crippen LogP contribution in [-0.4, -0.2) is 120 Å². The molecule has 5 rings (SSSR count). The maximum atomic E-state index is 14.6. The van der Waals surface area contributed by atoms with E-state index in [4.69, 9.17) is 9.47 Å². The molecule has 18 heteroatoms. The number of rotatable bonds is 15. The van der Waals surface area contributed by atoms with Crippen LogP contribution in [0, 0.1) is 17.8 Å². The topological polar surface area (TPSA) is 193 Å². The van der Waals surface area contributed by atoms with Crippen molar-refractivity contribution in [3.63, 3.8) is 0 Å². The molecule has 4 aliphatic rings. The fourth-order valence-corrected chi connectivity index (χ4v) is 8.29. The number of Topliss-reactive ketones (excluding diaryl/α,β-unsaturated/α-hetero) is 1. The lowest BCUT2D eigenvalue weighted by atomic mass is 9.83. The Morgan fingerprint density at radius 3 is 2.17 bits per heavy atom. The highest BCUT2D eigenvalue weighted by Crippen LogP contribution is 2.44. The van der Waals surface area contributed by atoms with Crippen molar-refractivity contribution < 1.29 is 56.2 Å². The van der Waals surface area contributed by atoms with Gasteiger partial charge in [0.2, 0.25) is 35.0 Å². The first-order valence-corrected chi connectivity index (χ1v) is 20.3. The Bertz CT molecular complexity index is 1750. The second-order valence-electron chi connectivity index (χ2n) is 17.6. The molecule has 1 aromatic rings. The fourth-order valence-electron chi connectivity index (χ4n) is 8.29. The maximum absolute atomic E-state index is 14.6. The lowest BCUT2D eigenvalue weighted by Crippen LogP contribution is -2.60. The van der Waals surface area contributed by atoms with E-state index in [1.165, 1.54) is 23.9 Å². The molecule has 2 heterocycles. The van der Waals surface area contributed by atoms with Crippen molar-refractivity contribution in [3.8, 4) is 0 Å². The zero-order valence-electron chi connectivity index (χ0n) is 34.5. The highest BCUT2D eigenvalue weighted by Gasteiger charge is 2.57. The third kappa shape index (κ3) is 11.3. The molecule has 0 aromatic heterocycles. The van der Waals surface area contributed by atoms with Crippen LogP contribution in [0.15, 0.2) is 30.3 Å². The Hall–Kier alpha value is -4.74. The van der Waals surface area contributed by atoms with Crippen LogP contribution in [0.25, 0.3) is 0 Å². The number of amides is 6. The zero-order chi connectivity index (χ0) is 43.4. The molecule has 326 valence electrons. The van der Waals surface area contributed by atoms with Gasteiger partial charge in [-0.3, -0.25) is 28.8 Å². The monoisotopic (exact) mass is 834 g/mol. The molecule has 4 fully saturated rings. The smallest absolute Gasteiger partial charge is 0.427 e. The lowest BCUT2D eigenvalue weighted by Gasteiger charge is -2.36. The second kappa shape index (κ2) is 18.3.